The maximum Gasteiger partial charge on any atom is 0.211 e. The van der Waals surface area contributed by atoms with Gasteiger partial charge in [-0.15, -0.1) is 11.3 Å². The highest BCUT2D eigenvalue weighted by Gasteiger charge is 2.06. The minimum atomic E-state index is 0.520. The molecule has 28 heavy (non-hydrogen) atoms. The van der Waals surface area contributed by atoms with Crippen LogP contribution in [0.2, 0.25) is 0 Å². The number of para-hydroxylation sites is 1. The van der Waals surface area contributed by atoms with E-state index in [0.717, 1.165) is 33.0 Å². The second-order valence-electron chi connectivity index (χ2n) is 7.28. The van der Waals surface area contributed by atoms with Crippen molar-refractivity contribution < 1.29 is 0 Å². The summed E-state index contributed by atoms with van der Waals surface area (Å²) in [6, 6.07) is 16.7. The lowest BCUT2D eigenvalue weighted by molar-refractivity contribution is 0.809. The molecule has 4 rings (SSSR count). The van der Waals surface area contributed by atoms with Crippen LogP contribution < -0.4 is 4.80 Å². The first-order valence-corrected chi connectivity index (χ1v) is 10.3. The summed E-state index contributed by atoms with van der Waals surface area (Å²) in [6.07, 6.45) is 1.93. The van der Waals surface area contributed by atoms with Crippen LogP contribution in [0.5, 0.6) is 0 Å². The van der Waals surface area contributed by atoms with Crippen molar-refractivity contribution in [3.63, 3.8) is 0 Å². The fourth-order valence-electron chi connectivity index (χ4n) is 3.23. The molecule has 0 atom stereocenters. The Bertz CT molecular complexity index is 1200. The average molecular weight is 389 g/mol. The van der Waals surface area contributed by atoms with E-state index in [2.05, 4.69) is 80.5 Å². The van der Waals surface area contributed by atoms with Crippen molar-refractivity contribution in [3.05, 3.63) is 81.2 Å². The van der Waals surface area contributed by atoms with Crippen molar-refractivity contribution in [2.75, 3.05) is 0 Å². The Hall–Kier alpha value is -2.92. The van der Waals surface area contributed by atoms with Gasteiger partial charge in [-0.1, -0.05) is 44.2 Å². The van der Waals surface area contributed by atoms with E-state index in [1.54, 1.807) is 11.3 Å². The van der Waals surface area contributed by atoms with Crippen molar-refractivity contribution in [2.45, 2.75) is 33.6 Å². The van der Waals surface area contributed by atoms with Gasteiger partial charge in [0.05, 0.1) is 17.6 Å². The molecule has 2 aromatic heterocycles. The largest absolute Gasteiger partial charge is 0.358 e. The number of benzene rings is 2. The summed E-state index contributed by atoms with van der Waals surface area (Å²) in [7, 11) is 0. The Balaban J connectivity index is 1.72. The van der Waals surface area contributed by atoms with Crippen molar-refractivity contribution in [3.8, 4) is 0 Å². The monoisotopic (exact) mass is 388 g/mol. The van der Waals surface area contributed by atoms with E-state index in [9.17, 15) is 0 Å². The number of hydrogen-bond acceptors (Lipinski definition) is 3. The highest BCUT2D eigenvalue weighted by atomic mass is 32.1. The van der Waals surface area contributed by atoms with Crippen LogP contribution in [0.1, 0.15) is 42.3 Å². The lowest BCUT2D eigenvalue weighted by Crippen LogP contribution is -2.11. The Morgan fingerprint density at radius 2 is 1.79 bits per heavy atom. The third kappa shape index (κ3) is 3.58. The molecule has 0 radical (unpaired) electrons. The van der Waals surface area contributed by atoms with E-state index in [4.69, 9.17) is 10.1 Å². The van der Waals surface area contributed by atoms with Gasteiger partial charge in [0.15, 0.2) is 0 Å². The Morgan fingerprint density at radius 1 is 1.04 bits per heavy atom. The van der Waals surface area contributed by atoms with Crippen LogP contribution in [0.3, 0.4) is 0 Å². The molecule has 0 spiro atoms. The zero-order valence-corrected chi connectivity index (χ0v) is 17.4. The second kappa shape index (κ2) is 7.60. The molecule has 0 saturated heterocycles. The molecule has 0 amide bonds. The molecule has 5 heteroatoms. The predicted octanol–water partition coefficient (Wildman–Crippen LogP) is 5.89. The number of rotatable bonds is 4. The molecule has 2 aromatic carbocycles. The molecular weight excluding hydrogens is 364 g/mol. The van der Waals surface area contributed by atoms with Crippen LogP contribution in [-0.2, 0) is 0 Å². The number of nitrogens with one attached hydrogen (secondary N) is 1. The minimum absolute atomic E-state index is 0.520. The number of nitrogens with zero attached hydrogens (tertiary/aromatic N) is 3. The SMILES string of the molecule is Cc1[nH]c2ccccc2c1C=Nn1c(C)csc1=Nc1ccc(C(C)C)cc1. The quantitative estimate of drug-likeness (QED) is 0.424. The molecular formula is C23H24N4S. The first-order valence-electron chi connectivity index (χ1n) is 9.46. The zero-order chi connectivity index (χ0) is 19.7. The van der Waals surface area contributed by atoms with Gasteiger partial charge in [0.2, 0.25) is 4.80 Å². The van der Waals surface area contributed by atoms with E-state index < -0.39 is 0 Å². The molecule has 142 valence electrons. The summed E-state index contributed by atoms with van der Waals surface area (Å²) in [5, 5.41) is 8.01. The van der Waals surface area contributed by atoms with Gasteiger partial charge in [0, 0.05) is 27.5 Å². The molecule has 1 N–H and O–H groups in total. The van der Waals surface area contributed by atoms with Crippen LogP contribution in [0.4, 0.5) is 5.69 Å². The Kier molecular flexibility index (Phi) is 5.01. The molecule has 4 aromatic rings. The molecule has 0 fully saturated rings. The maximum absolute atomic E-state index is 4.81. The zero-order valence-electron chi connectivity index (χ0n) is 16.6. The van der Waals surface area contributed by atoms with Crippen molar-refractivity contribution in [1.29, 1.82) is 0 Å². The van der Waals surface area contributed by atoms with Gasteiger partial charge in [-0.2, -0.15) is 5.10 Å². The summed E-state index contributed by atoms with van der Waals surface area (Å²) in [4.78, 5) is 9.09. The predicted molar refractivity (Wildman–Crippen MR) is 119 cm³/mol. The fraction of sp³-hybridized carbons (Fsp3) is 0.217. The first kappa shape index (κ1) is 18.4. The number of aromatic amines is 1. The summed E-state index contributed by atoms with van der Waals surface area (Å²) >= 11 is 1.60. The van der Waals surface area contributed by atoms with E-state index in [1.807, 2.05) is 17.0 Å². The van der Waals surface area contributed by atoms with E-state index in [0.29, 0.717) is 5.92 Å². The lowest BCUT2D eigenvalue weighted by atomic mass is 10.0. The van der Waals surface area contributed by atoms with Crippen molar-refractivity contribution in [1.82, 2.24) is 9.66 Å². The molecule has 0 unspecified atom stereocenters. The number of aryl methyl sites for hydroxylation is 2. The normalized spacial score (nSPS) is 12.7. The highest BCUT2D eigenvalue weighted by Crippen LogP contribution is 2.21. The van der Waals surface area contributed by atoms with Crippen molar-refractivity contribution in [2.24, 2.45) is 10.1 Å². The lowest BCUT2D eigenvalue weighted by Gasteiger charge is -2.04. The maximum atomic E-state index is 4.81. The number of thiazole rings is 1. The second-order valence-corrected chi connectivity index (χ2v) is 8.12. The molecule has 0 aliphatic heterocycles. The summed E-state index contributed by atoms with van der Waals surface area (Å²) in [6.45, 7) is 8.53. The van der Waals surface area contributed by atoms with Gasteiger partial charge in [-0.05, 0) is 43.5 Å². The third-order valence-corrected chi connectivity index (χ3v) is 5.81. The van der Waals surface area contributed by atoms with Gasteiger partial charge in [0.25, 0.3) is 0 Å². The van der Waals surface area contributed by atoms with Crippen molar-refractivity contribution >= 4 is 34.1 Å². The van der Waals surface area contributed by atoms with E-state index in [-0.39, 0.29) is 0 Å². The highest BCUT2D eigenvalue weighted by molar-refractivity contribution is 7.07. The Morgan fingerprint density at radius 3 is 2.54 bits per heavy atom. The fourth-order valence-corrected chi connectivity index (χ4v) is 4.05. The molecule has 0 bridgehead atoms. The van der Waals surface area contributed by atoms with Crippen LogP contribution in [0.15, 0.2) is 64.0 Å². The van der Waals surface area contributed by atoms with Gasteiger partial charge in [0.1, 0.15) is 0 Å². The molecule has 0 aliphatic rings. The van der Waals surface area contributed by atoms with Gasteiger partial charge in [-0.3, -0.25) is 0 Å². The first-order chi connectivity index (χ1) is 13.5. The molecule has 4 nitrogen and oxygen atoms in total. The summed E-state index contributed by atoms with van der Waals surface area (Å²) in [5.74, 6) is 0.520. The van der Waals surface area contributed by atoms with Gasteiger partial charge in [-0.25, -0.2) is 9.67 Å². The van der Waals surface area contributed by atoms with E-state index >= 15 is 0 Å². The number of fused-ring (bicyclic) bond motifs is 1. The topological polar surface area (TPSA) is 45.4 Å². The van der Waals surface area contributed by atoms with Crippen LogP contribution >= 0.6 is 11.3 Å². The number of hydrogen-bond donors (Lipinski definition) is 1. The standard InChI is InChI=1S/C23H24N4S/c1-15(2)18-9-11-19(12-10-18)26-23-27(16(3)14-28-23)24-13-21-17(4)25-22-8-6-5-7-20(21)22/h5-15,25H,1-4H3. The van der Waals surface area contributed by atoms with Crippen LogP contribution in [0, 0.1) is 13.8 Å². The molecule has 0 aliphatic carbocycles. The molecule has 0 saturated carbocycles. The number of aromatic nitrogens is 2. The van der Waals surface area contributed by atoms with E-state index in [1.165, 1.54) is 10.9 Å². The third-order valence-electron chi connectivity index (χ3n) is 4.88. The van der Waals surface area contributed by atoms with Gasteiger partial charge >= 0.3 is 0 Å². The molecule has 2 heterocycles. The smallest absolute Gasteiger partial charge is 0.211 e. The number of H-pyrrole nitrogens is 1. The van der Waals surface area contributed by atoms with Crippen LogP contribution in [-0.4, -0.2) is 15.9 Å². The minimum Gasteiger partial charge on any atom is -0.358 e. The van der Waals surface area contributed by atoms with Gasteiger partial charge < -0.3 is 4.98 Å². The Labute approximate surface area is 168 Å². The summed E-state index contributed by atoms with van der Waals surface area (Å²) < 4.78 is 1.90. The average Bonchev–Trinajstić information content (AvgIpc) is 3.19. The summed E-state index contributed by atoms with van der Waals surface area (Å²) in [5.41, 5.74) is 6.68. The van der Waals surface area contributed by atoms with Crippen LogP contribution in [0.25, 0.3) is 10.9 Å².